The Kier molecular flexibility index (Phi) is 4.81. The number of hydrogen-bond acceptors (Lipinski definition) is 2. The van der Waals surface area contributed by atoms with E-state index in [9.17, 15) is 4.79 Å². The molecule has 0 aliphatic heterocycles. The molecule has 2 N–H and O–H groups in total. The van der Waals surface area contributed by atoms with Crippen LogP contribution in [0.5, 0.6) is 0 Å². The van der Waals surface area contributed by atoms with Crippen LogP contribution in [0.4, 0.5) is 16.2 Å². The Balaban J connectivity index is 1.89. The molecule has 0 radical (unpaired) electrons. The van der Waals surface area contributed by atoms with Gasteiger partial charge < -0.3 is 5.73 Å². The van der Waals surface area contributed by atoms with E-state index >= 15 is 0 Å². The van der Waals surface area contributed by atoms with E-state index in [1.54, 1.807) is 24.3 Å². The van der Waals surface area contributed by atoms with E-state index < -0.39 is 6.03 Å². The quantitative estimate of drug-likeness (QED) is 0.880. The SMILES string of the molecule is N#Cc1cccc(N(C(N)=O)c2ccc(C3CCCCC3)cc2)c1. The predicted octanol–water partition coefficient (Wildman–Crippen LogP) is 4.82. The van der Waals surface area contributed by atoms with Crippen LogP contribution in [0.25, 0.3) is 0 Å². The van der Waals surface area contributed by atoms with Gasteiger partial charge in [0.15, 0.2) is 0 Å². The zero-order valence-corrected chi connectivity index (χ0v) is 13.6. The van der Waals surface area contributed by atoms with Crippen molar-refractivity contribution in [2.75, 3.05) is 4.90 Å². The third-order valence-electron chi connectivity index (χ3n) is 4.68. The van der Waals surface area contributed by atoms with Crippen molar-refractivity contribution in [1.29, 1.82) is 5.26 Å². The summed E-state index contributed by atoms with van der Waals surface area (Å²) in [5.74, 6) is 0.622. The van der Waals surface area contributed by atoms with Gasteiger partial charge in [-0.15, -0.1) is 0 Å². The third-order valence-corrected chi connectivity index (χ3v) is 4.68. The fraction of sp³-hybridized carbons (Fsp3) is 0.300. The number of urea groups is 1. The number of carbonyl (C=O) groups excluding carboxylic acids is 1. The molecule has 2 aromatic carbocycles. The van der Waals surface area contributed by atoms with Crippen LogP contribution >= 0.6 is 0 Å². The lowest BCUT2D eigenvalue weighted by Crippen LogP contribution is -2.31. The first-order valence-electron chi connectivity index (χ1n) is 8.39. The van der Waals surface area contributed by atoms with Crippen LogP contribution in [0.2, 0.25) is 0 Å². The fourth-order valence-electron chi connectivity index (χ4n) is 3.45. The second kappa shape index (κ2) is 7.18. The van der Waals surface area contributed by atoms with Crippen LogP contribution in [0.1, 0.15) is 49.1 Å². The molecule has 1 saturated carbocycles. The maximum absolute atomic E-state index is 12.0. The van der Waals surface area contributed by atoms with Crippen molar-refractivity contribution in [3.8, 4) is 6.07 Å². The van der Waals surface area contributed by atoms with Crippen LogP contribution in [0, 0.1) is 11.3 Å². The topological polar surface area (TPSA) is 70.1 Å². The molecule has 0 aromatic heterocycles. The molecule has 1 aliphatic rings. The van der Waals surface area contributed by atoms with Gasteiger partial charge in [0, 0.05) is 0 Å². The summed E-state index contributed by atoms with van der Waals surface area (Å²) in [6.07, 6.45) is 6.40. The number of nitrogens with zero attached hydrogens (tertiary/aromatic N) is 2. The molecule has 0 bridgehead atoms. The number of nitrogens with two attached hydrogens (primary N) is 1. The Morgan fingerprint density at radius 3 is 2.38 bits per heavy atom. The largest absolute Gasteiger partial charge is 0.351 e. The van der Waals surface area contributed by atoms with Crippen molar-refractivity contribution in [3.63, 3.8) is 0 Å². The van der Waals surface area contributed by atoms with Crippen LogP contribution in [0.3, 0.4) is 0 Å². The first-order chi connectivity index (χ1) is 11.7. The maximum Gasteiger partial charge on any atom is 0.323 e. The molecular weight excluding hydrogens is 298 g/mol. The summed E-state index contributed by atoms with van der Waals surface area (Å²) >= 11 is 0. The summed E-state index contributed by atoms with van der Waals surface area (Å²) in [5, 5.41) is 9.05. The third kappa shape index (κ3) is 3.41. The van der Waals surface area contributed by atoms with Gasteiger partial charge in [0.1, 0.15) is 0 Å². The van der Waals surface area contributed by atoms with Crippen LogP contribution in [-0.4, -0.2) is 6.03 Å². The Morgan fingerprint density at radius 1 is 1.04 bits per heavy atom. The van der Waals surface area contributed by atoms with Crippen molar-refractivity contribution in [1.82, 2.24) is 0 Å². The van der Waals surface area contributed by atoms with Crippen LogP contribution in [0.15, 0.2) is 48.5 Å². The van der Waals surface area contributed by atoms with Gasteiger partial charge in [-0.1, -0.05) is 37.5 Å². The van der Waals surface area contributed by atoms with E-state index in [4.69, 9.17) is 11.0 Å². The average molecular weight is 319 g/mol. The summed E-state index contributed by atoms with van der Waals surface area (Å²) in [4.78, 5) is 13.4. The van der Waals surface area contributed by atoms with E-state index in [1.165, 1.54) is 42.6 Å². The minimum absolute atomic E-state index is 0.498. The lowest BCUT2D eigenvalue weighted by molar-refractivity contribution is 0.256. The second-order valence-electron chi connectivity index (χ2n) is 6.26. The summed E-state index contributed by atoms with van der Waals surface area (Å²) in [7, 11) is 0. The molecule has 0 heterocycles. The van der Waals surface area contributed by atoms with Gasteiger partial charge in [0.25, 0.3) is 0 Å². The van der Waals surface area contributed by atoms with E-state index in [2.05, 4.69) is 18.2 Å². The molecule has 0 spiro atoms. The first-order valence-corrected chi connectivity index (χ1v) is 8.39. The number of rotatable bonds is 3. The van der Waals surface area contributed by atoms with E-state index in [0.29, 0.717) is 17.2 Å². The van der Waals surface area contributed by atoms with Crippen molar-refractivity contribution < 1.29 is 4.79 Å². The summed E-state index contributed by atoms with van der Waals surface area (Å²) in [6, 6.07) is 16.5. The Hall–Kier alpha value is -2.80. The standard InChI is InChI=1S/C20H21N3O/c21-14-15-5-4-8-19(13-15)23(20(22)24)18-11-9-17(10-12-18)16-6-2-1-3-7-16/h4-5,8-13,16H,1-3,6-7H2,(H2,22,24). The molecule has 0 atom stereocenters. The molecule has 122 valence electrons. The van der Waals surface area contributed by atoms with E-state index in [-0.39, 0.29) is 0 Å². The lowest BCUT2D eigenvalue weighted by Gasteiger charge is -2.24. The highest BCUT2D eigenvalue weighted by atomic mass is 16.2. The molecule has 2 aromatic rings. The van der Waals surface area contributed by atoms with Crippen molar-refractivity contribution >= 4 is 17.4 Å². The smallest absolute Gasteiger partial charge is 0.323 e. The van der Waals surface area contributed by atoms with E-state index in [1.807, 2.05) is 12.1 Å². The van der Waals surface area contributed by atoms with Gasteiger partial charge in [-0.05, 0) is 54.7 Å². The zero-order chi connectivity index (χ0) is 16.9. The first kappa shape index (κ1) is 16.1. The van der Waals surface area contributed by atoms with Crippen molar-refractivity contribution in [2.45, 2.75) is 38.0 Å². The summed E-state index contributed by atoms with van der Waals surface area (Å²) in [5.41, 5.74) is 8.73. The Labute approximate surface area is 142 Å². The number of benzene rings is 2. The predicted molar refractivity (Wildman–Crippen MR) is 95.1 cm³/mol. The van der Waals surface area contributed by atoms with Crippen LogP contribution < -0.4 is 10.6 Å². The molecule has 4 nitrogen and oxygen atoms in total. The van der Waals surface area contributed by atoms with Gasteiger partial charge in [-0.3, -0.25) is 4.90 Å². The maximum atomic E-state index is 12.0. The molecule has 3 rings (SSSR count). The van der Waals surface area contributed by atoms with Gasteiger partial charge in [0.2, 0.25) is 0 Å². The summed E-state index contributed by atoms with van der Waals surface area (Å²) in [6.45, 7) is 0. The van der Waals surface area contributed by atoms with Gasteiger partial charge in [0.05, 0.1) is 23.0 Å². The highest BCUT2D eigenvalue weighted by Crippen LogP contribution is 2.34. The number of anilines is 2. The zero-order valence-electron chi connectivity index (χ0n) is 13.6. The minimum Gasteiger partial charge on any atom is -0.351 e. The van der Waals surface area contributed by atoms with Crippen molar-refractivity contribution in [3.05, 3.63) is 59.7 Å². The fourth-order valence-corrected chi connectivity index (χ4v) is 3.45. The molecule has 0 unspecified atom stereocenters. The molecule has 1 fully saturated rings. The van der Waals surface area contributed by atoms with Crippen molar-refractivity contribution in [2.24, 2.45) is 5.73 Å². The molecule has 0 saturated heterocycles. The molecule has 4 heteroatoms. The number of amides is 2. The highest BCUT2D eigenvalue weighted by molar-refractivity contribution is 5.98. The van der Waals surface area contributed by atoms with Gasteiger partial charge >= 0.3 is 6.03 Å². The molecular formula is C20H21N3O. The lowest BCUT2D eigenvalue weighted by atomic mass is 9.84. The summed E-state index contributed by atoms with van der Waals surface area (Å²) < 4.78 is 0. The second-order valence-corrected chi connectivity index (χ2v) is 6.26. The van der Waals surface area contributed by atoms with Crippen LogP contribution in [-0.2, 0) is 0 Å². The van der Waals surface area contributed by atoms with Gasteiger partial charge in [-0.2, -0.15) is 5.26 Å². The number of hydrogen-bond donors (Lipinski definition) is 1. The molecule has 24 heavy (non-hydrogen) atoms. The molecule has 1 aliphatic carbocycles. The Bertz CT molecular complexity index is 755. The average Bonchev–Trinajstić information content (AvgIpc) is 2.63. The highest BCUT2D eigenvalue weighted by Gasteiger charge is 2.18. The monoisotopic (exact) mass is 319 g/mol. The number of carbonyl (C=O) groups is 1. The molecule has 2 amide bonds. The van der Waals surface area contributed by atoms with Gasteiger partial charge in [-0.25, -0.2) is 4.79 Å². The normalized spacial score (nSPS) is 14.8. The minimum atomic E-state index is -0.560. The van der Waals surface area contributed by atoms with E-state index in [0.717, 1.165) is 5.69 Å². The number of primary amides is 1. The number of nitriles is 1. The Morgan fingerprint density at radius 2 is 1.75 bits per heavy atom.